The van der Waals surface area contributed by atoms with Crippen molar-refractivity contribution in [1.29, 1.82) is 10.8 Å². The highest BCUT2D eigenvalue weighted by atomic mass is 35.5. The zero-order valence-corrected chi connectivity index (χ0v) is 20.0. The van der Waals surface area contributed by atoms with Crippen molar-refractivity contribution in [2.45, 2.75) is 19.4 Å². The molecule has 1 aliphatic rings. The summed E-state index contributed by atoms with van der Waals surface area (Å²) in [5.74, 6) is 0.666. The summed E-state index contributed by atoms with van der Waals surface area (Å²) in [6, 6.07) is 11.9. The normalized spacial score (nSPS) is 15.6. The van der Waals surface area contributed by atoms with Crippen LogP contribution in [0.3, 0.4) is 0 Å². The molecule has 3 N–H and O–H groups in total. The number of amides is 1. The van der Waals surface area contributed by atoms with Gasteiger partial charge in [0.05, 0.1) is 24.9 Å². The van der Waals surface area contributed by atoms with Crippen molar-refractivity contribution in [3.05, 3.63) is 58.6 Å². The first-order chi connectivity index (χ1) is 15.7. The van der Waals surface area contributed by atoms with E-state index in [0.29, 0.717) is 40.8 Å². The van der Waals surface area contributed by atoms with Gasteiger partial charge in [0, 0.05) is 29.2 Å². The number of hydrogen-bond donors (Lipinski definition) is 3. The van der Waals surface area contributed by atoms with E-state index in [1.807, 2.05) is 43.3 Å². The molecule has 0 bridgehead atoms. The van der Waals surface area contributed by atoms with Crippen LogP contribution in [0, 0.1) is 10.8 Å². The number of hydrogen-bond acceptors (Lipinski definition) is 6. The van der Waals surface area contributed by atoms with E-state index in [0.717, 1.165) is 5.56 Å². The minimum atomic E-state index is -0.770. The predicted molar refractivity (Wildman–Crippen MR) is 134 cm³/mol. The van der Waals surface area contributed by atoms with Gasteiger partial charge in [-0.05, 0) is 51.4 Å². The van der Waals surface area contributed by atoms with Crippen LogP contribution in [-0.2, 0) is 4.79 Å². The number of ether oxygens (including phenoxy) is 1. The van der Waals surface area contributed by atoms with Gasteiger partial charge >= 0.3 is 0 Å². The molecule has 0 radical (unpaired) electrons. The standard InChI is InChI=1S/C24H29ClN6O2/c1-15(26)31-21-10-9-18(33-4)13-19(21)23(16-5-7-17(25)8-6-16)29-20(24(31)27)14-22(32)28-11-12-30(2)3/h5-10,13,20,26-27H,11-12,14H2,1-4H3,(H,28,32). The third kappa shape index (κ3) is 5.77. The number of fused-ring (bicyclic) bond motifs is 1. The predicted octanol–water partition coefficient (Wildman–Crippen LogP) is 3.42. The van der Waals surface area contributed by atoms with Crippen molar-refractivity contribution >= 4 is 40.6 Å². The Kier molecular flexibility index (Phi) is 7.84. The lowest BCUT2D eigenvalue weighted by Crippen LogP contribution is -2.43. The Hall–Kier alpha value is -3.23. The summed E-state index contributed by atoms with van der Waals surface area (Å²) in [5.41, 5.74) is 2.76. The largest absolute Gasteiger partial charge is 0.497 e. The fourth-order valence-electron chi connectivity index (χ4n) is 3.60. The van der Waals surface area contributed by atoms with E-state index < -0.39 is 6.04 Å². The molecule has 33 heavy (non-hydrogen) atoms. The zero-order valence-electron chi connectivity index (χ0n) is 19.3. The molecule has 1 unspecified atom stereocenters. The molecule has 1 atom stereocenters. The summed E-state index contributed by atoms with van der Waals surface area (Å²) in [5, 5.41) is 20.7. The fraction of sp³-hybridized carbons (Fsp3) is 0.333. The lowest BCUT2D eigenvalue weighted by atomic mass is 9.99. The number of rotatable bonds is 7. The quantitative estimate of drug-likeness (QED) is 0.427. The first-order valence-corrected chi connectivity index (χ1v) is 11.0. The molecule has 8 nitrogen and oxygen atoms in total. The van der Waals surface area contributed by atoms with E-state index >= 15 is 0 Å². The molecule has 2 aromatic rings. The Bertz CT molecular complexity index is 1080. The van der Waals surface area contributed by atoms with Gasteiger partial charge in [-0.15, -0.1) is 0 Å². The van der Waals surface area contributed by atoms with E-state index in [1.54, 1.807) is 32.2 Å². The molecule has 174 valence electrons. The van der Waals surface area contributed by atoms with Crippen LogP contribution < -0.4 is 15.0 Å². The van der Waals surface area contributed by atoms with Crippen LogP contribution in [0.2, 0.25) is 5.02 Å². The van der Waals surface area contributed by atoms with E-state index in [1.165, 1.54) is 4.90 Å². The molecule has 1 amide bonds. The molecule has 0 saturated carbocycles. The average molecular weight is 469 g/mol. The summed E-state index contributed by atoms with van der Waals surface area (Å²) in [4.78, 5) is 21.1. The van der Waals surface area contributed by atoms with Crippen molar-refractivity contribution in [2.24, 2.45) is 4.99 Å². The molecule has 1 heterocycles. The maximum Gasteiger partial charge on any atom is 0.222 e. The third-order valence-electron chi connectivity index (χ3n) is 5.25. The summed E-state index contributed by atoms with van der Waals surface area (Å²) >= 11 is 6.10. The van der Waals surface area contributed by atoms with Crippen LogP contribution >= 0.6 is 11.6 Å². The molecule has 3 rings (SSSR count). The van der Waals surface area contributed by atoms with Crippen LogP contribution in [0.5, 0.6) is 5.75 Å². The maximum absolute atomic E-state index is 12.7. The number of likely N-dealkylation sites (N-methyl/N-ethyl adjacent to an activating group) is 1. The number of aliphatic imine (C=N–C) groups is 1. The Balaban J connectivity index is 2.09. The molecule has 0 fully saturated rings. The highest BCUT2D eigenvalue weighted by Gasteiger charge is 2.32. The van der Waals surface area contributed by atoms with Crippen LogP contribution in [-0.4, -0.2) is 68.5 Å². The summed E-state index contributed by atoms with van der Waals surface area (Å²) in [7, 11) is 5.46. The number of benzodiazepines with no additional fused rings is 1. The first-order valence-electron chi connectivity index (χ1n) is 10.6. The lowest BCUT2D eigenvalue weighted by Gasteiger charge is -2.26. The van der Waals surface area contributed by atoms with Gasteiger partial charge in [0.2, 0.25) is 5.91 Å². The topological polar surface area (TPSA) is 105 Å². The number of halogens is 1. The molecular formula is C24H29ClN6O2. The van der Waals surface area contributed by atoms with Crippen molar-refractivity contribution in [3.63, 3.8) is 0 Å². The van der Waals surface area contributed by atoms with Gasteiger partial charge in [-0.25, -0.2) is 0 Å². The first kappa shape index (κ1) is 24.4. The number of carbonyl (C=O) groups is 1. The Morgan fingerprint density at radius 2 is 1.94 bits per heavy atom. The van der Waals surface area contributed by atoms with E-state index in [9.17, 15) is 4.79 Å². The molecule has 0 aromatic heterocycles. The van der Waals surface area contributed by atoms with Crippen molar-refractivity contribution in [2.75, 3.05) is 39.2 Å². The highest BCUT2D eigenvalue weighted by Crippen LogP contribution is 2.33. The van der Waals surface area contributed by atoms with E-state index in [4.69, 9.17) is 32.1 Å². The Labute approximate surface area is 199 Å². The Morgan fingerprint density at radius 1 is 1.24 bits per heavy atom. The van der Waals surface area contributed by atoms with E-state index in [2.05, 4.69) is 5.32 Å². The number of anilines is 1. The summed E-state index contributed by atoms with van der Waals surface area (Å²) in [6.07, 6.45) is -0.00173. The maximum atomic E-state index is 12.7. The number of amidine groups is 2. The van der Waals surface area contributed by atoms with Crippen LogP contribution in [0.1, 0.15) is 24.5 Å². The van der Waals surface area contributed by atoms with Gasteiger partial charge in [-0.2, -0.15) is 0 Å². The fourth-order valence-corrected chi connectivity index (χ4v) is 3.73. The molecule has 0 aliphatic carbocycles. The van der Waals surface area contributed by atoms with Gasteiger partial charge in [0.15, 0.2) is 0 Å². The van der Waals surface area contributed by atoms with Crippen molar-refractivity contribution in [1.82, 2.24) is 10.2 Å². The van der Waals surface area contributed by atoms with Crippen molar-refractivity contribution in [3.8, 4) is 5.75 Å². The number of nitrogens with one attached hydrogen (secondary N) is 3. The van der Waals surface area contributed by atoms with Crippen LogP contribution in [0.15, 0.2) is 47.5 Å². The van der Waals surface area contributed by atoms with E-state index in [-0.39, 0.29) is 24.0 Å². The summed E-state index contributed by atoms with van der Waals surface area (Å²) in [6.45, 7) is 2.83. The average Bonchev–Trinajstić information content (AvgIpc) is 2.88. The van der Waals surface area contributed by atoms with Crippen LogP contribution in [0.4, 0.5) is 5.69 Å². The van der Waals surface area contributed by atoms with Gasteiger partial charge in [0.25, 0.3) is 0 Å². The zero-order chi connectivity index (χ0) is 24.1. The number of benzene rings is 2. The van der Waals surface area contributed by atoms with Gasteiger partial charge in [-0.3, -0.25) is 25.5 Å². The lowest BCUT2D eigenvalue weighted by molar-refractivity contribution is -0.121. The monoisotopic (exact) mass is 468 g/mol. The molecular weight excluding hydrogens is 440 g/mol. The molecule has 2 aromatic carbocycles. The molecule has 0 saturated heterocycles. The second-order valence-corrected chi connectivity index (χ2v) is 8.48. The number of methoxy groups -OCH3 is 1. The second kappa shape index (κ2) is 10.6. The second-order valence-electron chi connectivity index (χ2n) is 8.05. The Morgan fingerprint density at radius 3 is 2.55 bits per heavy atom. The smallest absolute Gasteiger partial charge is 0.222 e. The molecule has 1 aliphatic heterocycles. The van der Waals surface area contributed by atoms with Gasteiger partial charge in [-0.1, -0.05) is 23.7 Å². The van der Waals surface area contributed by atoms with Gasteiger partial charge in [0.1, 0.15) is 23.5 Å². The minimum absolute atomic E-state index is 0.00173. The third-order valence-corrected chi connectivity index (χ3v) is 5.51. The number of carbonyl (C=O) groups excluding carboxylic acids is 1. The van der Waals surface area contributed by atoms with Gasteiger partial charge < -0.3 is 15.0 Å². The molecule has 0 spiro atoms. The number of nitrogens with zero attached hydrogens (tertiary/aromatic N) is 3. The minimum Gasteiger partial charge on any atom is -0.497 e. The van der Waals surface area contributed by atoms with Crippen molar-refractivity contribution < 1.29 is 9.53 Å². The molecule has 9 heteroatoms. The summed E-state index contributed by atoms with van der Waals surface area (Å²) < 4.78 is 5.43. The SMILES string of the molecule is COc1ccc2c(c1)C(c1ccc(Cl)cc1)=NC(CC(=O)NCCN(C)C)C(=N)N2C(C)=N. The van der Waals surface area contributed by atoms with Crippen LogP contribution in [0.25, 0.3) is 0 Å². The highest BCUT2D eigenvalue weighted by molar-refractivity contribution is 6.31.